The third-order valence-corrected chi connectivity index (χ3v) is 2.84. The van der Waals surface area contributed by atoms with Crippen molar-refractivity contribution in [2.75, 3.05) is 0 Å². The van der Waals surface area contributed by atoms with Crippen LogP contribution >= 0.6 is 0 Å². The third-order valence-electron chi connectivity index (χ3n) is 2.84. The molecular formula is C15H19N3O. The monoisotopic (exact) mass is 257 g/mol. The van der Waals surface area contributed by atoms with Crippen LogP contribution in [0.4, 0.5) is 0 Å². The van der Waals surface area contributed by atoms with Gasteiger partial charge in [0.1, 0.15) is 0 Å². The van der Waals surface area contributed by atoms with Gasteiger partial charge in [-0.15, -0.1) is 0 Å². The molecule has 0 N–H and O–H groups in total. The van der Waals surface area contributed by atoms with Gasteiger partial charge in [0.25, 0.3) is 5.91 Å². The van der Waals surface area contributed by atoms with Crippen molar-refractivity contribution in [3.8, 4) is 0 Å². The average Bonchev–Trinajstić information content (AvgIpc) is 2.39. The van der Waals surface area contributed by atoms with Gasteiger partial charge in [-0.2, -0.15) is 5.10 Å². The Morgan fingerprint density at radius 1 is 1.37 bits per heavy atom. The lowest BCUT2D eigenvalue weighted by Crippen LogP contribution is -2.22. The molecule has 0 saturated heterocycles. The second kappa shape index (κ2) is 5.34. The minimum atomic E-state index is -0.458. The van der Waals surface area contributed by atoms with E-state index in [-0.39, 0.29) is 11.9 Å². The van der Waals surface area contributed by atoms with E-state index in [4.69, 9.17) is 0 Å². The SMILES string of the molecule is CC(C)(C)C(=O)N=c1ccn(C2C=CCC=C2)nc1. The first kappa shape index (κ1) is 13.5. The van der Waals surface area contributed by atoms with Crippen LogP contribution in [0.2, 0.25) is 0 Å². The highest BCUT2D eigenvalue weighted by atomic mass is 16.1. The van der Waals surface area contributed by atoms with Crippen molar-refractivity contribution in [3.05, 3.63) is 48.1 Å². The number of amides is 1. The molecule has 1 aliphatic carbocycles. The summed E-state index contributed by atoms with van der Waals surface area (Å²) in [4.78, 5) is 15.9. The molecule has 0 aromatic carbocycles. The maximum absolute atomic E-state index is 11.8. The summed E-state index contributed by atoms with van der Waals surface area (Å²) in [7, 11) is 0. The normalized spacial score (nSPS) is 16.9. The molecule has 0 fully saturated rings. The molecule has 1 aromatic rings. The van der Waals surface area contributed by atoms with Gasteiger partial charge in [-0.1, -0.05) is 45.1 Å². The van der Waals surface area contributed by atoms with Gasteiger partial charge in [-0.3, -0.25) is 9.48 Å². The van der Waals surface area contributed by atoms with Crippen molar-refractivity contribution in [1.82, 2.24) is 9.78 Å². The Labute approximate surface area is 113 Å². The van der Waals surface area contributed by atoms with Gasteiger partial charge in [0, 0.05) is 11.6 Å². The quantitative estimate of drug-likeness (QED) is 0.725. The lowest BCUT2D eigenvalue weighted by Gasteiger charge is -2.14. The fraction of sp³-hybridized carbons (Fsp3) is 0.400. The summed E-state index contributed by atoms with van der Waals surface area (Å²) in [6, 6.07) is 1.97. The van der Waals surface area contributed by atoms with E-state index in [0.29, 0.717) is 5.36 Å². The van der Waals surface area contributed by atoms with Crippen LogP contribution < -0.4 is 5.36 Å². The summed E-state index contributed by atoms with van der Waals surface area (Å²) in [5.41, 5.74) is -0.458. The molecule has 0 bridgehead atoms. The highest BCUT2D eigenvalue weighted by Gasteiger charge is 2.19. The number of carbonyl (C=O) groups excluding carboxylic acids is 1. The van der Waals surface area contributed by atoms with Gasteiger partial charge in [0.05, 0.1) is 17.6 Å². The molecule has 19 heavy (non-hydrogen) atoms. The standard InChI is InChI=1S/C15H19N3O/c1-15(2,3)14(19)17-12-9-10-18(16-11-12)13-7-5-4-6-8-13/h5-11,13H,4H2,1-3H3. The summed E-state index contributed by atoms with van der Waals surface area (Å²) in [6.45, 7) is 5.56. The number of hydrogen-bond donors (Lipinski definition) is 0. The molecule has 1 amide bonds. The smallest absolute Gasteiger partial charge is 0.251 e. The number of rotatable bonds is 1. The zero-order valence-electron chi connectivity index (χ0n) is 11.6. The van der Waals surface area contributed by atoms with Gasteiger partial charge < -0.3 is 0 Å². The summed E-state index contributed by atoms with van der Waals surface area (Å²) < 4.78 is 1.84. The van der Waals surface area contributed by atoms with Crippen molar-refractivity contribution >= 4 is 5.91 Å². The maximum Gasteiger partial charge on any atom is 0.251 e. The highest BCUT2D eigenvalue weighted by Crippen LogP contribution is 2.15. The Hall–Kier alpha value is -1.97. The maximum atomic E-state index is 11.8. The van der Waals surface area contributed by atoms with E-state index in [2.05, 4.69) is 34.4 Å². The second-order valence-corrected chi connectivity index (χ2v) is 5.61. The van der Waals surface area contributed by atoms with Crippen LogP contribution in [-0.4, -0.2) is 15.7 Å². The first-order valence-electron chi connectivity index (χ1n) is 6.44. The predicted octanol–water partition coefficient (Wildman–Crippen LogP) is 2.41. The Kier molecular flexibility index (Phi) is 3.79. The Bertz CT molecular complexity index is 556. The van der Waals surface area contributed by atoms with Crippen LogP contribution in [0.25, 0.3) is 0 Å². The van der Waals surface area contributed by atoms with Gasteiger partial charge in [-0.05, 0) is 12.5 Å². The van der Waals surface area contributed by atoms with Crippen LogP contribution in [-0.2, 0) is 4.79 Å². The average molecular weight is 257 g/mol. The highest BCUT2D eigenvalue weighted by molar-refractivity contribution is 5.82. The Balaban J connectivity index is 2.21. The van der Waals surface area contributed by atoms with Crippen molar-refractivity contribution in [2.24, 2.45) is 10.4 Å². The topological polar surface area (TPSA) is 47.2 Å². The number of carbonyl (C=O) groups is 1. The first-order valence-corrected chi connectivity index (χ1v) is 6.44. The minimum absolute atomic E-state index is 0.135. The fourth-order valence-corrected chi connectivity index (χ4v) is 1.64. The molecule has 100 valence electrons. The van der Waals surface area contributed by atoms with Crippen LogP contribution in [0.1, 0.15) is 33.2 Å². The van der Waals surface area contributed by atoms with E-state index in [1.54, 1.807) is 6.20 Å². The largest absolute Gasteiger partial charge is 0.272 e. The lowest BCUT2D eigenvalue weighted by atomic mass is 9.96. The summed E-state index contributed by atoms with van der Waals surface area (Å²) >= 11 is 0. The molecule has 4 heteroatoms. The second-order valence-electron chi connectivity index (χ2n) is 5.61. The summed E-state index contributed by atoms with van der Waals surface area (Å²) in [5, 5.41) is 4.90. The van der Waals surface area contributed by atoms with Crippen LogP contribution in [0.5, 0.6) is 0 Å². The molecule has 4 nitrogen and oxygen atoms in total. The van der Waals surface area contributed by atoms with Gasteiger partial charge >= 0.3 is 0 Å². The molecule has 0 atom stereocenters. The Morgan fingerprint density at radius 3 is 2.58 bits per heavy atom. The summed E-state index contributed by atoms with van der Waals surface area (Å²) in [6.07, 6.45) is 12.9. The Morgan fingerprint density at radius 2 is 2.05 bits per heavy atom. The zero-order chi connectivity index (χ0) is 13.9. The molecule has 0 aliphatic heterocycles. The van der Waals surface area contributed by atoms with Gasteiger partial charge in [0.15, 0.2) is 0 Å². The molecular weight excluding hydrogens is 238 g/mol. The fourth-order valence-electron chi connectivity index (χ4n) is 1.64. The molecule has 2 rings (SSSR count). The number of allylic oxidation sites excluding steroid dienone is 4. The van der Waals surface area contributed by atoms with E-state index in [9.17, 15) is 4.79 Å². The predicted molar refractivity (Wildman–Crippen MR) is 74.2 cm³/mol. The van der Waals surface area contributed by atoms with Crippen LogP contribution in [0, 0.1) is 5.41 Å². The molecule has 1 heterocycles. The van der Waals surface area contributed by atoms with E-state index >= 15 is 0 Å². The minimum Gasteiger partial charge on any atom is -0.272 e. The number of hydrogen-bond acceptors (Lipinski definition) is 2. The molecule has 0 radical (unpaired) electrons. The van der Waals surface area contributed by atoms with Crippen molar-refractivity contribution in [2.45, 2.75) is 33.2 Å². The van der Waals surface area contributed by atoms with E-state index in [1.807, 2.05) is 37.7 Å². The van der Waals surface area contributed by atoms with Crippen LogP contribution in [0.3, 0.4) is 0 Å². The summed E-state index contributed by atoms with van der Waals surface area (Å²) in [5.74, 6) is -0.135. The van der Waals surface area contributed by atoms with E-state index < -0.39 is 5.41 Å². The molecule has 1 aromatic heterocycles. The molecule has 1 aliphatic rings. The van der Waals surface area contributed by atoms with Gasteiger partial charge in [0.2, 0.25) is 0 Å². The first-order chi connectivity index (χ1) is 8.97. The zero-order valence-corrected chi connectivity index (χ0v) is 11.6. The van der Waals surface area contributed by atoms with Crippen molar-refractivity contribution in [3.63, 3.8) is 0 Å². The number of aromatic nitrogens is 2. The van der Waals surface area contributed by atoms with Crippen molar-refractivity contribution in [1.29, 1.82) is 0 Å². The van der Waals surface area contributed by atoms with Crippen LogP contribution in [0.15, 0.2) is 47.8 Å². The molecule has 0 unspecified atom stereocenters. The molecule has 0 saturated carbocycles. The van der Waals surface area contributed by atoms with Gasteiger partial charge in [-0.25, -0.2) is 4.99 Å². The van der Waals surface area contributed by atoms with E-state index in [0.717, 1.165) is 6.42 Å². The van der Waals surface area contributed by atoms with Crippen molar-refractivity contribution < 1.29 is 4.79 Å². The lowest BCUT2D eigenvalue weighted by molar-refractivity contribution is -0.125. The number of nitrogens with zero attached hydrogens (tertiary/aromatic N) is 3. The van der Waals surface area contributed by atoms with E-state index in [1.165, 1.54) is 0 Å². The molecule has 0 spiro atoms. The third kappa shape index (κ3) is 3.50.